The fourth-order valence-electron chi connectivity index (χ4n) is 3.27. The molecule has 0 spiro atoms. The number of likely N-dealkylation sites (tertiary alicyclic amines) is 1. The first kappa shape index (κ1) is 17.3. The molecule has 1 fully saturated rings. The minimum atomic E-state index is -0.244. The van der Waals surface area contributed by atoms with Gasteiger partial charge in [0.2, 0.25) is 0 Å². The lowest BCUT2D eigenvalue weighted by atomic mass is 10.0. The number of carbonyl (C=O) groups is 1. The predicted octanol–water partition coefficient (Wildman–Crippen LogP) is 3.92. The van der Waals surface area contributed by atoms with E-state index in [9.17, 15) is 9.18 Å². The molecular formula is C20H23FN2O2. The lowest BCUT2D eigenvalue weighted by Gasteiger charge is -2.25. The Bertz CT molecular complexity index is 718. The van der Waals surface area contributed by atoms with E-state index >= 15 is 0 Å². The summed E-state index contributed by atoms with van der Waals surface area (Å²) in [7, 11) is 1.65. The topological polar surface area (TPSA) is 41.6 Å². The Morgan fingerprint density at radius 1 is 1.28 bits per heavy atom. The van der Waals surface area contributed by atoms with Gasteiger partial charge in [0, 0.05) is 13.1 Å². The molecule has 132 valence electrons. The van der Waals surface area contributed by atoms with Gasteiger partial charge in [-0.2, -0.15) is 0 Å². The van der Waals surface area contributed by atoms with Crippen LogP contribution in [0.5, 0.6) is 5.75 Å². The summed E-state index contributed by atoms with van der Waals surface area (Å²) in [6.45, 7) is 1.29. The van der Waals surface area contributed by atoms with Gasteiger partial charge in [-0.1, -0.05) is 24.3 Å². The lowest BCUT2D eigenvalue weighted by molar-refractivity contribution is 0.193. The molecule has 4 nitrogen and oxygen atoms in total. The number of nitrogens with zero attached hydrogens (tertiary/aromatic N) is 1. The summed E-state index contributed by atoms with van der Waals surface area (Å²) in [6, 6.07) is 14.3. The van der Waals surface area contributed by atoms with Crippen LogP contribution in [0.15, 0.2) is 48.5 Å². The van der Waals surface area contributed by atoms with Crippen molar-refractivity contribution < 1.29 is 13.9 Å². The van der Waals surface area contributed by atoms with E-state index in [1.807, 2.05) is 29.2 Å². The number of carbonyl (C=O) groups excluding carboxylic acids is 1. The maximum Gasteiger partial charge on any atom is 0.317 e. The highest BCUT2D eigenvalue weighted by atomic mass is 19.1. The average Bonchev–Trinajstić information content (AvgIpc) is 3.13. The van der Waals surface area contributed by atoms with Crippen LogP contribution in [0.3, 0.4) is 0 Å². The van der Waals surface area contributed by atoms with Gasteiger partial charge in [-0.15, -0.1) is 0 Å². The third kappa shape index (κ3) is 4.29. The Morgan fingerprint density at radius 3 is 2.84 bits per heavy atom. The summed E-state index contributed by atoms with van der Waals surface area (Å²) in [5, 5.41) is 2.98. The van der Waals surface area contributed by atoms with Gasteiger partial charge in [-0.3, -0.25) is 0 Å². The molecule has 0 aliphatic carbocycles. The third-order valence-corrected chi connectivity index (χ3v) is 4.60. The van der Waals surface area contributed by atoms with Crippen LogP contribution < -0.4 is 10.1 Å². The number of methoxy groups -OCH3 is 1. The van der Waals surface area contributed by atoms with Gasteiger partial charge in [0.1, 0.15) is 11.6 Å². The quantitative estimate of drug-likeness (QED) is 0.895. The number of rotatable bonds is 5. The zero-order valence-corrected chi connectivity index (χ0v) is 14.4. The van der Waals surface area contributed by atoms with Crippen LogP contribution in [-0.4, -0.2) is 31.1 Å². The van der Waals surface area contributed by atoms with Gasteiger partial charge in [-0.25, -0.2) is 9.18 Å². The van der Waals surface area contributed by atoms with Crippen molar-refractivity contribution in [3.63, 3.8) is 0 Å². The minimum Gasteiger partial charge on any atom is -0.497 e. The minimum absolute atomic E-state index is 0.0487. The molecule has 5 heteroatoms. The lowest BCUT2D eigenvalue weighted by Crippen LogP contribution is -2.40. The Hall–Kier alpha value is -2.56. The van der Waals surface area contributed by atoms with E-state index < -0.39 is 0 Å². The van der Waals surface area contributed by atoms with Crippen LogP contribution in [0.4, 0.5) is 9.18 Å². The number of urea groups is 1. The molecule has 2 aromatic rings. The second-order valence-corrected chi connectivity index (χ2v) is 6.24. The summed E-state index contributed by atoms with van der Waals surface area (Å²) >= 11 is 0. The molecule has 3 rings (SSSR count). The molecule has 1 atom stereocenters. The van der Waals surface area contributed by atoms with Crippen molar-refractivity contribution in [2.24, 2.45) is 0 Å². The van der Waals surface area contributed by atoms with E-state index in [0.717, 1.165) is 36.3 Å². The molecule has 2 aromatic carbocycles. The van der Waals surface area contributed by atoms with Crippen molar-refractivity contribution in [3.05, 3.63) is 65.5 Å². The van der Waals surface area contributed by atoms with Gasteiger partial charge >= 0.3 is 6.03 Å². The molecule has 25 heavy (non-hydrogen) atoms. The maximum atomic E-state index is 12.9. The van der Waals surface area contributed by atoms with Crippen LogP contribution in [0.25, 0.3) is 0 Å². The first-order valence-electron chi connectivity index (χ1n) is 8.60. The molecule has 0 bridgehead atoms. The zero-order chi connectivity index (χ0) is 17.6. The molecule has 1 aliphatic rings. The number of hydrogen-bond donors (Lipinski definition) is 1. The molecule has 1 aliphatic heterocycles. The van der Waals surface area contributed by atoms with Crippen LogP contribution in [0.2, 0.25) is 0 Å². The zero-order valence-electron chi connectivity index (χ0n) is 14.4. The number of nitrogens with one attached hydrogen (secondary N) is 1. The number of amides is 2. The number of hydrogen-bond acceptors (Lipinski definition) is 2. The molecule has 1 heterocycles. The second kappa shape index (κ2) is 8.01. The van der Waals surface area contributed by atoms with Crippen LogP contribution >= 0.6 is 0 Å². The number of ether oxygens (including phenoxy) is 1. The largest absolute Gasteiger partial charge is 0.497 e. The van der Waals surface area contributed by atoms with E-state index in [1.54, 1.807) is 19.2 Å². The summed E-state index contributed by atoms with van der Waals surface area (Å²) in [5.41, 5.74) is 2.11. The molecule has 1 unspecified atom stereocenters. The molecule has 0 saturated carbocycles. The van der Waals surface area contributed by atoms with E-state index in [4.69, 9.17) is 4.74 Å². The average molecular weight is 342 g/mol. The van der Waals surface area contributed by atoms with Gasteiger partial charge in [-0.05, 0) is 54.7 Å². The monoisotopic (exact) mass is 342 g/mol. The smallest absolute Gasteiger partial charge is 0.317 e. The number of benzene rings is 2. The molecular weight excluding hydrogens is 319 g/mol. The maximum absolute atomic E-state index is 12.9. The van der Waals surface area contributed by atoms with Crippen LogP contribution in [-0.2, 0) is 6.42 Å². The van der Waals surface area contributed by atoms with Gasteiger partial charge < -0.3 is 15.0 Å². The van der Waals surface area contributed by atoms with Crippen molar-refractivity contribution in [1.82, 2.24) is 10.2 Å². The van der Waals surface area contributed by atoms with E-state index in [2.05, 4.69) is 5.32 Å². The predicted molar refractivity (Wildman–Crippen MR) is 95.2 cm³/mol. The first-order valence-corrected chi connectivity index (χ1v) is 8.60. The van der Waals surface area contributed by atoms with E-state index in [1.165, 1.54) is 12.1 Å². The standard InChI is InChI=1S/C20H23FN2O2/c1-25-18-5-2-4-16(14-18)19-6-3-13-23(19)20(24)22-12-11-15-7-9-17(21)10-8-15/h2,4-5,7-10,14,19H,3,6,11-13H2,1H3,(H,22,24). The highest BCUT2D eigenvalue weighted by Crippen LogP contribution is 2.33. The number of halogens is 1. The van der Waals surface area contributed by atoms with E-state index in [-0.39, 0.29) is 17.9 Å². The summed E-state index contributed by atoms with van der Waals surface area (Å²) < 4.78 is 18.2. The summed E-state index contributed by atoms with van der Waals surface area (Å²) in [4.78, 5) is 14.4. The highest BCUT2D eigenvalue weighted by molar-refractivity contribution is 5.75. The molecule has 1 N–H and O–H groups in total. The summed E-state index contributed by atoms with van der Waals surface area (Å²) in [5.74, 6) is 0.562. The van der Waals surface area contributed by atoms with Crippen molar-refractivity contribution in [1.29, 1.82) is 0 Å². The molecule has 2 amide bonds. The molecule has 1 saturated heterocycles. The van der Waals surface area contributed by atoms with Gasteiger partial charge in [0.15, 0.2) is 0 Å². The van der Waals surface area contributed by atoms with Gasteiger partial charge in [0.05, 0.1) is 13.2 Å². The normalized spacial score (nSPS) is 16.7. The van der Waals surface area contributed by atoms with E-state index in [0.29, 0.717) is 13.0 Å². The Balaban J connectivity index is 1.57. The third-order valence-electron chi connectivity index (χ3n) is 4.60. The Kier molecular flexibility index (Phi) is 5.53. The summed E-state index contributed by atoms with van der Waals surface area (Å²) in [6.07, 6.45) is 2.63. The van der Waals surface area contributed by atoms with Crippen molar-refractivity contribution in [3.8, 4) is 5.75 Å². The second-order valence-electron chi connectivity index (χ2n) is 6.24. The SMILES string of the molecule is COc1cccc(C2CCCN2C(=O)NCCc2ccc(F)cc2)c1. The van der Waals surface area contributed by atoms with Crippen LogP contribution in [0.1, 0.15) is 30.0 Å². The molecule has 0 radical (unpaired) electrons. The Labute approximate surface area is 147 Å². The molecule has 0 aromatic heterocycles. The van der Waals surface area contributed by atoms with Crippen molar-refractivity contribution in [2.75, 3.05) is 20.2 Å². The van der Waals surface area contributed by atoms with Crippen molar-refractivity contribution >= 4 is 6.03 Å². The highest BCUT2D eigenvalue weighted by Gasteiger charge is 2.29. The van der Waals surface area contributed by atoms with Crippen LogP contribution in [0, 0.1) is 5.82 Å². The Morgan fingerprint density at radius 2 is 2.08 bits per heavy atom. The fourth-order valence-corrected chi connectivity index (χ4v) is 3.27. The van der Waals surface area contributed by atoms with Gasteiger partial charge in [0.25, 0.3) is 0 Å². The fraction of sp³-hybridized carbons (Fsp3) is 0.350. The first-order chi connectivity index (χ1) is 12.2. The van der Waals surface area contributed by atoms with Crippen molar-refractivity contribution in [2.45, 2.75) is 25.3 Å².